The van der Waals surface area contributed by atoms with Crippen molar-refractivity contribution in [1.29, 1.82) is 0 Å². The Morgan fingerprint density at radius 2 is 1.71 bits per heavy atom. The Morgan fingerprint density at radius 3 is 2.32 bits per heavy atom. The number of benzene rings is 2. The number of para-hydroxylation sites is 1. The Kier molecular flexibility index (Phi) is 6.26. The van der Waals surface area contributed by atoms with Crippen LogP contribution in [-0.4, -0.2) is 37.2 Å². The largest absolute Gasteiger partial charge is 0.497 e. The summed E-state index contributed by atoms with van der Waals surface area (Å²) in [6, 6.07) is 13.0. The molecule has 7 heteroatoms. The quantitative estimate of drug-likeness (QED) is 0.438. The number of rotatable bonds is 7. The minimum Gasteiger partial charge on any atom is -0.497 e. The summed E-state index contributed by atoms with van der Waals surface area (Å²) >= 11 is 1.49. The van der Waals surface area contributed by atoms with Crippen molar-refractivity contribution in [2.24, 2.45) is 0 Å². The van der Waals surface area contributed by atoms with E-state index in [0.717, 1.165) is 10.2 Å². The molecule has 0 N–H and O–H groups in total. The molecule has 0 saturated heterocycles. The smallest absolute Gasteiger partial charge is 0.324 e. The molecule has 146 valence electrons. The molecule has 0 amide bonds. The molecule has 0 unspecified atom stereocenters. The van der Waals surface area contributed by atoms with Crippen molar-refractivity contribution in [3.05, 3.63) is 48.0 Å². The lowest BCUT2D eigenvalue weighted by molar-refractivity contribution is -0.156. The summed E-state index contributed by atoms with van der Waals surface area (Å²) in [5, 5.41) is 0.706. The zero-order chi connectivity index (χ0) is 20.1. The minimum absolute atomic E-state index is 0.162. The van der Waals surface area contributed by atoms with Gasteiger partial charge in [0, 0.05) is 5.56 Å². The minimum atomic E-state index is -1.21. The van der Waals surface area contributed by atoms with Crippen LogP contribution in [0, 0.1) is 0 Å². The van der Waals surface area contributed by atoms with Gasteiger partial charge in [0.05, 0.1) is 30.5 Å². The number of thiazole rings is 1. The number of nitrogens with zero attached hydrogens (tertiary/aromatic N) is 1. The third-order valence-corrected chi connectivity index (χ3v) is 5.21. The highest BCUT2D eigenvalue weighted by molar-refractivity contribution is 7.21. The molecule has 0 atom stereocenters. The van der Waals surface area contributed by atoms with Crippen LogP contribution in [0.15, 0.2) is 42.5 Å². The highest BCUT2D eigenvalue weighted by atomic mass is 32.1. The normalized spacial score (nSPS) is 10.9. The molecule has 0 aliphatic rings. The van der Waals surface area contributed by atoms with Gasteiger partial charge in [-0.2, -0.15) is 0 Å². The van der Waals surface area contributed by atoms with Crippen molar-refractivity contribution in [3.63, 3.8) is 0 Å². The molecule has 0 aliphatic carbocycles. The van der Waals surface area contributed by atoms with E-state index in [1.807, 2.05) is 24.3 Å². The van der Waals surface area contributed by atoms with E-state index >= 15 is 0 Å². The van der Waals surface area contributed by atoms with Crippen LogP contribution >= 0.6 is 11.3 Å². The van der Waals surface area contributed by atoms with Gasteiger partial charge in [0.2, 0.25) is 0 Å². The topological polar surface area (TPSA) is 74.7 Å². The molecule has 0 radical (unpaired) electrons. The van der Waals surface area contributed by atoms with Gasteiger partial charge in [-0.1, -0.05) is 12.1 Å². The Hall–Kier alpha value is -2.93. The number of fused-ring (bicyclic) bond motifs is 1. The monoisotopic (exact) mass is 399 g/mol. The van der Waals surface area contributed by atoms with Gasteiger partial charge in [-0.25, -0.2) is 4.98 Å². The van der Waals surface area contributed by atoms with E-state index in [4.69, 9.17) is 14.2 Å². The van der Waals surface area contributed by atoms with E-state index in [-0.39, 0.29) is 13.2 Å². The van der Waals surface area contributed by atoms with Crippen LogP contribution in [0.3, 0.4) is 0 Å². The number of methoxy groups -OCH3 is 1. The summed E-state index contributed by atoms with van der Waals surface area (Å²) in [7, 11) is 1.53. The molecule has 0 fully saturated rings. The maximum absolute atomic E-state index is 12.6. The molecule has 3 aromatic rings. The fraction of sp³-hybridized carbons (Fsp3) is 0.286. The Balaban J connectivity index is 2.18. The number of carbonyl (C=O) groups excluding carboxylic acids is 2. The maximum Gasteiger partial charge on any atom is 0.324 e. The lowest BCUT2D eigenvalue weighted by Gasteiger charge is -2.18. The van der Waals surface area contributed by atoms with Gasteiger partial charge < -0.3 is 14.2 Å². The molecule has 0 spiro atoms. The summed E-state index contributed by atoms with van der Waals surface area (Å²) in [6.45, 7) is 3.71. The lowest BCUT2D eigenvalue weighted by atomic mass is 9.94. The Labute approximate surface area is 167 Å². The van der Waals surface area contributed by atoms with Crippen molar-refractivity contribution in [2.45, 2.75) is 19.8 Å². The number of aromatic nitrogens is 1. The average Bonchev–Trinajstić information content (AvgIpc) is 3.12. The second-order valence-electron chi connectivity index (χ2n) is 5.88. The van der Waals surface area contributed by atoms with Gasteiger partial charge in [0.25, 0.3) is 0 Å². The Bertz CT molecular complexity index is 946. The van der Waals surface area contributed by atoms with Crippen molar-refractivity contribution >= 4 is 33.5 Å². The van der Waals surface area contributed by atoms with Crippen molar-refractivity contribution in [3.8, 4) is 16.3 Å². The predicted molar refractivity (Wildman–Crippen MR) is 108 cm³/mol. The fourth-order valence-corrected chi connectivity index (χ4v) is 3.90. The molecule has 1 heterocycles. The van der Waals surface area contributed by atoms with Gasteiger partial charge in [-0.05, 0) is 49.7 Å². The number of ether oxygens (including phenoxy) is 3. The third kappa shape index (κ3) is 3.99. The molecule has 0 saturated carbocycles. The molecule has 0 aliphatic heterocycles. The predicted octanol–water partition coefficient (Wildman–Crippen LogP) is 4.18. The SMILES string of the molecule is CCOC(=O)C(C(=O)OCC)c1cc(OC)ccc1-c1nc2ccccc2s1. The van der Waals surface area contributed by atoms with Crippen LogP contribution in [0.1, 0.15) is 25.3 Å². The van der Waals surface area contributed by atoms with Crippen molar-refractivity contribution in [1.82, 2.24) is 4.98 Å². The first-order chi connectivity index (χ1) is 13.6. The molecule has 0 bridgehead atoms. The second kappa shape index (κ2) is 8.84. The zero-order valence-electron chi connectivity index (χ0n) is 15.9. The highest BCUT2D eigenvalue weighted by Crippen LogP contribution is 2.37. The Morgan fingerprint density at radius 1 is 1.04 bits per heavy atom. The van der Waals surface area contributed by atoms with E-state index in [1.165, 1.54) is 18.4 Å². The standard InChI is InChI=1S/C21H21NO5S/c1-4-26-20(23)18(21(24)27-5-2)15-12-13(25-3)10-11-14(15)19-22-16-8-6-7-9-17(16)28-19/h6-12,18H,4-5H2,1-3H3. The molecular weight excluding hydrogens is 378 g/mol. The van der Waals surface area contributed by atoms with Gasteiger partial charge >= 0.3 is 11.9 Å². The van der Waals surface area contributed by atoms with Crippen LogP contribution in [0.25, 0.3) is 20.8 Å². The summed E-state index contributed by atoms with van der Waals surface area (Å²) < 4.78 is 16.6. The molecule has 6 nitrogen and oxygen atoms in total. The van der Waals surface area contributed by atoms with Crippen LogP contribution < -0.4 is 4.74 Å². The van der Waals surface area contributed by atoms with Crippen LogP contribution in [0.5, 0.6) is 5.75 Å². The van der Waals surface area contributed by atoms with Gasteiger partial charge in [0.15, 0.2) is 5.92 Å². The van der Waals surface area contributed by atoms with Gasteiger partial charge in [0.1, 0.15) is 10.8 Å². The summed E-state index contributed by atoms with van der Waals surface area (Å²) in [6.07, 6.45) is 0. The molecule has 1 aromatic heterocycles. The molecule has 2 aromatic carbocycles. The first-order valence-electron chi connectivity index (χ1n) is 8.96. The molecule has 28 heavy (non-hydrogen) atoms. The van der Waals surface area contributed by atoms with Crippen molar-refractivity contribution < 1.29 is 23.8 Å². The highest BCUT2D eigenvalue weighted by Gasteiger charge is 2.34. The second-order valence-corrected chi connectivity index (χ2v) is 6.91. The van der Waals surface area contributed by atoms with E-state index < -0.39 is 17.9 Å². The number of hydrogen-bond acceptors (Lipinski definition) is 7. The first kappa shape index (κ1) is 19.8. The van der Waals surface area contributed by atoms with Crippen LogP contribution in [0.2, 0.25) is 0 Å². The first-order valence-corrected chi connectivity index (χ1v) is 9.77. The van der Waals surface area contributed by atoms with E-state index in [0.29, 0.717) is 21.9 Å². The molecular formula is C21H21NO5S. The van der Waals surface area contributed by atoms with Crippen LogP contribution in [-0.2, 0) is 19.1 Å². The summed E-state index contributed by atoms with van der Waals surface area (Å²) in [5.74, 6) is -2.00. The molecule has 3 rings (SSSR count). The van der Waals surface area contributed by atoms with Crippen molar-refractivity contribution in [2.75, 3.05) is 20.3 Å². The number of hydrogen-bond donors (Lipinski definition) is 0. The number of esters is 2. The van der Waals surface area contributed by atoms with Gasteiger partial charge in [-0.3, -0.25) is 9.59 Å². The average molecular weight is 399 g/mol. The van der Waals surface area contributed by atoms with E-state index in [9.17, 15) is 9.59 Å². The third-order valence-electron chi connectivity index (χ3n) is 4.14. The maximum atomic E-state index is 12.6. The zero-order valence-corrected chi connectivity index (χ0v) is 16.7. The summed E-state index contributed by atoms with van der Waals surface area (Å²) in [5.41, 5.74) is 1.98. The lowest BCUT2D eigenvalue weighted by Crippen LogP contribution is -2.26. The van der Waals surface area contributed by atoms with Gasteiger partial charge in [-0.15, -0.1) is 11.3 Å². The number of carbonyl (C=O) groups is 2. The summed E-state index contributed by atoms with van der Waals surface area (Å²) in [4.78, 5) is 29.9. The fourth-order valence-electron chi connectivity index (χ4n) is 2.89. The van der Waals surface area contributed by atoms with Crippen LogP contribution in [0.4, 0.5) is 0 Å². The van der Waals surface area contributed by atoms with E-state index in [1.54, 1.807) is 32.0 Å². The van der Waals surface area contributed by atoms with E-state index in [2.05, 4.69) is 4.98 Å².